The van der Waals surface area contributed by atoms with Crippen LogP contribution >= 0.6 is 34.8 Å². The second kappa shape index (κ2) is 5.95. The normalized spacial score (nSPS) is 10.4. The number of nitrogens with zero attached hydrogens (tertiary/aromatic N) is 1. The minimum atomic E-state index is -0.971. The molecule has 1 aromatic carbocycles. The van der Waals surface area contributed by atoms with Gasteiger partial charge in [0, 0.05) is 5.56 Å². The number of benzene rings is 1. The fourth-order valence-corrected chi connectivity index (χ4v) is 2.32. The van der Waals surface area contributed by atoms with E-state index in [4.69, 9.17) is 34.8 Å². The van der Waals surface area contributed by atoms with Gasteiger partial charge in [-0.05, 0) is 24.3 Å². The summed E-state index contributed by atoms with van der Waals surface area (Å²) in [6.45, 7) is 0. The van der Waals surface area contributed by atoms with Crippen molar-refractivity contribution in [1.82, 2.24) is 4.98 Å². The maximum atomic E-state index is 13.8. The van der Waals surface area contributed by atoms with Gasteiger partial charge in [-0.15, -0.1) is 0 Å². The number of hydrogen-bond acceptors (Lipinski definition) is 3. The van der Waals surface area contributed by atoms with Gasteiger partial charge in [0.1, 0.15) is 5.56 Å². The van der Waals surface area contributed by atoms with Crippen LogP contribution < -0.4 is 0 Å². The van der Waals surface area contributed by atoms with Crippen molar-refractivity contribution in [3.05, 3.63) is 50.8 Å². The number of carbonyl (C=O) groups excluding carboxylic acids is 1. The summed E-state index contributed by atoms with van der Waals surface area (Å²) in [4.78, 5) is 15.0. The second-order valence-corrected chi connectivity index (χ2v) is 4.94. The van der Waals surface area contributed by atoms with Crippen LogP contribution in [0.25, 0.3) is 11.3 Å². The van der Waals surface area contributed by atoms with Crippen LogP contribution in [0, 0.1) is 5.95 Å². The molecule has 2 rings (SSSR count). The third-order valence-electron chi connectivity index (χ3n) is 2.55. The standard InChI is InChI=1S/C13H7Cl3FNO2/c1-20-13(19)6-2-5-9(18-12(6)17)10-7(14)3-4-8(15)11(10)16/h2-5H,1H3. The lowest BCUT2D eigenvalue weighted by Gasteiger charge is -2.09. The highest BCUT2D eigenvalue weighted by Gasteiger charge is 2.18. The SMILES string of the molecule is COC(=O)c1ccc(-c2c(Cl)ccc(Cl)c2Cl)nc1F. The van der Waals surface area contributed by atoms with E-state index < -0.39 is 11.9 Å². The lowest BCUT2D eigenvalue weighted by atomic mass is 10.1. The average molecular weight is 335 g/mol. The van der Waals surface area contributed by atoms with Crippen LogP contribution in [0.5, 0.6) is 0 Å². The Hall–Kier alpha value is -1.36. The first-order valence-corrected chi connectivity index (χ1v) is 6.47. The molecule has 2 aromatic rings. The van der Waals surface area contributed by atoms with Crippen LogP contribution in [0.1, 0.15) is 10.4 Å². The predicted molar refractivity (Wildman–Crippen MR) is 76.0 cm³/mol. The van der Waals surface area contributed by atoms with Gasteiger partial charge in [0.15, 0.2) is 0 Å². The van der Waals surface area contributed by atoms with E-state index in [2.05, 4.69) is 9.72 Å². The number of ether oxygens (including phenoxy) is 1. The first-order valence-electron chi connectivity index (χ1n) is 5.34. The number of aromatic nitrogens is 1. The number of halogens is 4. The first kappa shape index (κ1) is 15.0. The van der Waals surface area contributed by atoms with Crippen LogP contribution in [0.2, 0.25) is 15.1 Å². The Morgan fingerprint density at radius 3 is 2.40 bits per heavy atom. The summed E-state index contributed by atoms with van der Waals surface area (Å²) in [5.41, 5.74) is 0.203. The average Bonchev–Trinajstić information content (AvgIpc) is 2.43. The number of carbonyl (C=O) groups is 1. The minimum absolute atomic E-state index is 0.164. The third kappa shape index (κ3) is 2.73. The molecule has 0 saturated heterocycles. The molecule has 0 aliphatic carbocycles. The molecule has 0 amide bonds. The molecular formula is C13H7Cl3FNO2. The second-order valence-electron chi connectivity index (χ2n) is 3.74. The fraction of sp³-hybridized carbons (Fsp3) is 0.0769. The van der Waals surface area contributed by atoms with Gasteiger partial charge >= 0.3 is 5.97 Å². The lowest BCUT2D eigenvalue weighted by molar-refractivity contribution is 0.0594. The summed E-state index contributed by atoms with van der Waals surface area (Å²) in [6.07, 6.45) is 0. The van der Waals surface area contributed by atoms with Crippen molar-refractivity contribution < 1.29 is 13.9 Å². The zero-order valence-electron chi connectivity index (χ0n) is 10.1. The highest BCUT2D eigenvalue weighted by atomic mass is 35.5. The summed E-state index contributed by atoms with van der Waals surface area (Å²) in [7, 11) is 1.15. The van der Waals surface area contributed by atoms with Crippen molar-refractivity contribution in [2.45, 2.75) is 0 Å². The van der Waals surface area contributed by atoms with Crippen molar-refractivity contribution in [2.24, 2.45) is 0 Å². The Bertz CT molecular complexity index is 692. The van der Waals surface area contributed by atoms with E-state index in [1.165, 1.54) is 24.3 Å². The molecule has 0 saturated carbocycles. The summed E-state index contributed by atoms with van der Waals surface area (Å²) in [5, 5.41) is 0.708. The van der Waals surface area contributed by atoms with Crippen molar-refractivity contribution in [2.75, 3.05) is 7.11 Å². The van der Waals surface area contributed by atoms with E-state index in [-0.39, 0.29) is 26.3 Å². The number of methoxy groups -OCH3 is 1. The maximum Gasteiger partial charge on any atom is 0.342 e. The van der Waals surface area contributed by atoms with Crippen molar-refractivity contribution in [3.8, 4) is 11.3 Å². The van der Waals surface area contributed by atoms with Gasteiger partial charge in [-0.25, -0.2) is 9.78 Å². The molecule has 0 aliphatic rings. The van der Waals surface area contributed by atoms with Gasteiger partial charge in [-0.2, -0.15) is 4.39 Å². The molecule has 0 N–H and O–H groups in total. The molecule has 0 bridgehead atoms. The highest BCUT2D eigenvalue weighted by Crippen LogP contribution is 2.38. The molecule has 0 spiro atoms. The Morgan fingerprint density at radius 2 is 1.80 bits per heavy atom. The molecule has 0 atom stereocenters. The summed E-state index contributed by atoms with van der Waals surface area (Å²) in [5.74, 6) is -1.79. The molecule has 3 nitrogen and oxygen atoms in total. The Labute approximate surface area is 129 Å². The number of rotatable bonds is 2. The van der Waals surface area contributed by atoms with Crippen LogP contribution in [0.3, 0.4) is 0 Å². The van der Waals surface area contributed by atoms with Gasteiger partial charge < -0.3 is 4.74 Å². The van der Waals surface area contributed by atoms with E-state index in [0.717, 1.165) is 7.11 Å². The molecule has 0 radical (unpaired) electrons. The molecule has 1 aromatic heterocycles. The largest absolute Gasteiger partial charge is 0.465 e. The topological polar surface area (TPSA) is 39.2 Å². The number of pyridine rings is 1. The molecular weight excluding hydrogens is 328 g/mol. The van der Waals surface area contributed by atoms with Crippen LogP contribution in [0.4, 0.5) is 4.39 Å². The third-order valence-corrected chi connectivity index (χ3v) is 3.67. The van der Waals surface area contributed by atoms with Gasteiger partial charge in [0.2, 0.25) is 5.95 Å². The minimum Gasteiger partial charge on any atom is -0.465 e. The van der Waals surface area contributed by atoms with Crippen LogP contribution in [-0.4, -0.2) is 18.1 Å². The fourth-order valence-electron chi connectivity index (χ4n) is 1.60. The predicted octanol–water partition coefficient (Wildman–Crippen LogP) is 4.63. The zero-order valence-corrected chi connectivity index (χ0v) is 12.4. The molecule has 7 heteroatoms. The van der Waals surface area contributed by atoms with Crippen molar-refractivity contribution in [1.29, 1.82) is 0 Å². The first-order chi connectivity index (χ1) is 9.45. The Morgan fingerprint density at radius 1 is 1.15 bits per heavy atom. The summed E-state index contributed by atoms with van der Waals surface area (Å²) in [6, 6.07) is 5.71. The van der Waals surface area contributed by atoms with Crippen LogP contribution in [0.15, 0.2) is 24.3 Å². The van der Waals surface area contributed by atoms with Gasteiger partial charge in [-0.1, -0.05) is 34.8 Å². The van der Waals surface area contributed by atoms with E-state index in [9.17, 15) is 9.18 Å². The monoisotopic (exact) mass is 333 g/mol. The molecule has 20 heavy (non-hydrogen) atoms. The highest BCUT2D eigenvalue weighted by molar-refractivity contribution is 6.46. The number of hydrogen-bond donors (Lipinski definition) is 0. The molecule has 0 fully saturated rings. The summed E-state index contributed by atoms with van der Waals surface area (Å²) < 4.78 is 18.2. The quantitative estimate of drug-likeness (QED) is 0.456. The summed E-state index contributed by atoms with van der Waals surface area (Å²) >= 11 is 18.0. The maximum absolute atomic E-state index is 13.8. The van der Waals surface area contributed by atoms with Crippen molar-refractivity contribution >= 4 is 40.8 Å². The Balaban J connectivity index is 2.58. The van der Waals surface area contributed by atoms with Crippen molar-refractivity contribution in [3.63, 3.8) is 0 Å². The molecule has 0 unspecified atom stereocenters. The number of esters is 1. The zero-order chi connectivity index (χ0) is 14.9. The van der Waals surface area contributed by atoms with Gasteiger partial charge in [-0.3, -0.25) is 0 Å². The Kier molecular flexibility index (Phi) is 4.48. The molecule has 104 valence electrons. The smallest absolute Gasteiger partial charge is 0.342 e. The van der Waals surface area contributed by atoms with E-state index in [0.29, 0.717) is 5.56 Å². The van der Waals surface area contributed by atoms with E-state index in [1.807, 2.05) is 0 Å². The van der Waals surface area contributed by atoms with Crippen LogP contribution in [-0.2, 0) is 4.74 Å². The van der Waals surface area contributed by atoms with E-state index in [1.54, 1.807) is 0 Å². The molecule has 1 heterocycles. The van der Waals surface area contributed by atoms with Gasteiger partial charge in [0.25, 0.3) is 0 Å². The van der Waals surface area contributed by atoms with E-state index >= 15 is 0 Å². The molecule has 0 aliphatic heterocycles. The van der Waals surface area contributed by atoms with Gasteiger partial charge in [0.05, 0.1) is 27.9 Å². The lowest BCUT2D eigenvalue weighted by Crippen LogP contribution is -2.06.